The first-order valence-corrected chi connectivity index (χ1v) is 8.08. The summed E-state index contributed by atoms with van der Waals surface area (Å²) >= 11 is 0. The van der Waals surface area contributed by atoms with E-state index in [1.54, 1.807) is 0 Å². The molecular formula is C19H23NO2. The van der Waals surface area contributed by atoms with Gasteiger partial charge in [-0.25, -0.2) is 0 Å². The number of amides is 1. The topological polar surface area (TPSA) is 29.5 Å². The maximum absolute atomic E-state index is 12.5. The average molecular weight is 297 g/mol. The summed E-state index contributed by atoms with van der Waals surface area (Å²) in [4.78, 5) is 14.5. The lowest BCUT2D eigenvalue weighted by atomic mass is 9.97. The highest BCUT2D eigenvalue weighted by atomic mass is 16.5. The Morgan fingerprint density at radius 1 is 1.09 bits per heavy atom. The highest BCUT2D eigenvalue weighted by molar-refractivity contribution is 5.88. The second-order valence-corrected chi connectivity index (χ2v) is 6.20. The van der Waals surface area contributed by atoms with Crippen molar-refractivity contribution >= 4 is 16.7 Å². The van der Waals surface area contributed by atoms with E-state index in [0.717, 1.165) is 29.4 Å². The number of fused-ring (bicyclic) bond motifs is 1. The van der Waals surface area contributed by atoms with Crippen molar-refractivity contribution in [1.29, 1.82) is 0 Å². The van der Waals surface area contributed by atoms with Gasteiger partial charge in [-0.2, -0.15) is 0 Å². The Balaban J connectivity index is 1.72. The third kappa shape index (κ3) is 2.94. The third-order valence-electron chi connectivity index (χ3n) is 4.58. The molecule has 1 amide bonds. The van der Waals surface area contributed by atoms with E-state index in [1.165, 1.54) is 6.42 Å². The van der Waals surface area contributed by atoms with Gasteiger partial charge >= 0.3 is 0 Å². The number of benzene rings is 2. The van der Waals surface area contributed by atoms with E-state index in [1.807, 2.05) is 35.2 Å². The van der Waals surface area contributed by atoms with Crippen LogP contribution in [0.1, 0.15) is 33.1 Å². The Morgan fingerprint density at radius 2 is 1.77 bits per heavy atom. The normalized spacial score (nSPS) is 21.8. The summed E-state index contributed by atoms with van der Waals surface area (Å²) < 4.78 is 5.84. The minimum Gasteiger partial charge on any atom is -0.483 e. The van der Waals surface area contributed by atoms with Gasteiger partial charge in [0.15, 0.2) is 6.61 Å². The van der Waals surface area contributed by atoms with E-state index < -0.39 is 0 Å². The van der Waals surface area contributed by atoms with Crippen LogP contribution in [0.2, 0.25) is 0 Å². The fraction of sp³-hybridized carbons (Fsp3) is 0.421. The van der Waals surface area contributed by atoms with Crippen molar-refractivity contribution in [2.24, 2.45) is 0 Å². The summed E-state index contributed by atoms with van der Waals surface area (Å²) in [5.74, 6) is 0.872. The first kappa shape index (κ1) is 14.9. The molecule has 3 rings (SSSR count). The largest absolute Gasteiger partial charge is 0.483 e. The van der Waals surface area contributed by atoms with Gasteiger partial charge in [0.25, 0.3) is 5.91 Å². The lowest BCUT2D eigenvalue weighted by Gasteiger charge is -2.39. The zero-order valence-electron chi connectivity index (χ0n) is 13.3. The van der Waals surface area contributed by atoms with Crippen molar-refractivity contribution in [1.82, 2.24) is 4.90 Å². The van der Waals surface area contributed by atoms with E-state index in [4.69, 9.17) is 4.74 Å². The molecule has 2 atom stereocenters. The lowest BCUT2D eigenvalue weighted by Crippen LogP contribution is -2.49. The molecule has 0 spiro atoms. The van der Waals surface area contributed by atoms with Crippen molar-refractivity contribution in [2.75, 3.05) is 6.61 Å². The number of likely N-dealkylation sites (tertiary alicyclic amines) is 1. The molecule has 0 bridgehead atoms. The molecule has 2 aromatic carbocycles. The van der Waals surface area contributed by atoms with Gasteiger partial charge in [-0.3, -0.25) is 4.79 Å². The smallest absolute Gasteiger partial charge is 0.260 e. The molecular weight excluding hydrogens is 274 g/mol. The number of rotatable bonds is 3. The minimum atomic E-state index is 0.0904. The fourth-order valence-corrected chi connectivity index (χ4v) is 3.45. The van der Waals surface area contributed by atoms with E-state index >= 15 is 0 Å². The molecule has 116 valence electrons. The van der Waals surface area contributed by atoms with Crippen LogP contribution in [0.3, 0.4) is 0 Å². The van der Waals surface area contributed by atoms with Crippen molar-refractivity contribution in [3.05, 3.63) is 42.5 Å². The standard InChI is InChI=1S/C19H23NO2/c1-14-7-5-8-15(2)20(14)19(21)13-22-18-12-6-10-16-9-3-4-11-17(16)18/h3-4,6,9-12,14-15H,5,7-8,13H2,1-2H3. The Kier molecular flexibility index (Phi) is 4.32. The molecule has 1 heterocycles. The van der Waals surface area contributed by atoms with Crippen LogP contribution in [0.15, 0.2) is 42.5 Å². The molecule has 0 aliphatic carbocycles. The molecule has 0 aromatic heterocycles. The van der Waals surface area contributed by atoms with Gasteiger partial charge in [0, 0.05) is 17.5 Å². The first-order chi connectivity index (χ1) is 10.7. The van der Waals surface area contributed by atoms with Crippen molar-refractivity contribution in [3.63, 3.8) is 0 Å². The Morgan fingerprint density at radius 3 is 2.55 bits per heavy atom. The van der Waals surface area contributed by atoms with E-state index in [2.05, 4.69) is 26.0 Å². The van der Waals surface area contributed by atoms with Crippen molar-refractivity contribution in [2.45, 2.75) is 45.2 Å². The molecule has 0 saturated carbocycles. The molecule has 2 unspecified atom stereocenters. The zero-order chi connectivity index (χ0) is 15.5. The van der Waals surface area contributed by atoms with Gasteiger partial charge in [-0.1, -0.05) is 36.4 Å². The molecule has 1 aliphatic rings. The van der Waals surface area contributed by atoms with Crippen LogP contribution in [-0.2, 0) is 4.79 Å². The van der Waals surface area contributed by atoms with E-state index in [-0.39, 0.29) is 12.5 Å². The average Bonchev–Trinajstić information content (AvgIpc) is 2.52. The zero-order valence-corrected chi connectivity index (χ0v) is 13.3. The quantitative estimate of drug-likeness (QED) is 0.856. The van der Waals surface area contributed by atoms with Crippen LogP contribution >= 0.6 is 0 Å². The van der Waals surface area contributed by atoms with Gasteiger partial charge in [0.1, 0.15) is 5.75 Å². The molecule has 0 N–H and O–H groups in total. The predicted molar refractivity (Wildman–Crippen MR) is 89.1 cm³/mol. The number of piperidine rings is 1. The first-order valence-electron chi connectivity index (χ1n) is 8.08. The van der Waals surface area contributed by atoms with Gasteiger partial charge in [-0.15, -0.1) is 0 Å². The molecule has 0 radical (unpaired) electrons. The van der Waals surface area contributed by atoms with Crippen molar-refractivity contribution in [3.8, 4) is 5.75 Å². The summed E-state index contributed by atoms with van der Waals surface area (Å²) in [5.41, 5.74) is 0. The number of carbonyl (C=O) groups is 1. The minimum absolute atomic E-state index is 0.0904. The fourth-order valence-electron chi connectivity index (χ4n) is 3.45. The predicted octanol–water partition coefficient (Wildman–Crippen LogP) is 4.01. The summed E-state index contributed by atoms with van der Waals surface area (Å²) in [7, 11) is 0. The highest BCUT2D eigenvalue weighted by Gasteiger charge is 2.29. The van der Waals surface area contributed by atoms with Gasteiger partial charge in [-0.05, 0) is 44.6 Å². The van der Waals surface area contributed by atoms with Crippen LogP contribution in [0.4, 0.5) is 0 Å². The van der Waals surface area contributed by atoms with Gasteiger partial charge in [0.2, 0.25) is 0 Å². The van der Waals surface area contributed by atoms with Gasteiger partial charge in [0.05, 0.1) is 0 Å². The van der Waals surface area contributed by atoms with Crippen molar-refractivity contribution < 1.29 is 9.53 Å². The van der Waals surface area contributed by atoms with Crippen LogP contribution in [0, 0.1) is 0 Å². The molecule has 22 heavy (non-hydrogen) atoms. The maximum atomic E-state index is 12.5. The summed E-state index contributed by atoms with van der Waals surface area (Å²) in [6, 6.07) is 14.7. The van der Waals surface area contributed by atoms with Crippen LogP contribution in [0.25, 0.3) is 10.8 Å². The monoisotopic (exact) mass is 297 g/mol. The molecule has 1 aliphatic heterocycles. The lowest BCUT2D eigenvalue weighted by molar-refractivity contribution is -0.139. The number of nitrogens with zero attached hydrogens (tertiary/aromatic N) is 1. The molecule has 1 fully saturated rings. The number of ether oxygens (including phenoxy) is 1. The SMILES string of the molecule is CC1CCCC(C)N1C(=O)COc1cccc2ccccc12. The summed E-state index contributed by atoms with van der Waals surface area (Å²) in [5, 5.41) is 2.18. The number of carbonyl (C=O) groups excluding carboxylic acids is 1. The number of hydrogen-bond acceptors (Lipinski definition) is 2. The Bertz CT molecular complexity index is 652. The van der Waals surface area contributed by atoms with E-state index in [0.29, 0.717) is 12.1 Å². The number of hydrogen-bond donors (Lipinski definition) is 0. The van der Waals surface area contributed by atoms with Crippen LogP contribution < -0.4 is 4.74 Å². The molecule has 3 heteroatoms. The maximum Gasteiger partial charge on any atom is 0.260 e. The van der Waals surface area contributed by atoms with E-state index in [9.17, 15) is 4.79 Å². The van der Waals surface area contributed by atoms with Gasteiger partial charge < -0.3 is 9.64 Å². The molecule has 1 saturated heterocycles. The third-order valence-corrected chi connectivity index (χ3v) is 4.58. The second kappa shape index (κ2) is 6.39. The molecule has 2 aromatic rings. The molecule has 3 nitrogen and oxygen atoms in total. The highest BCUT2D eigenvalue weighted by Crippen LogP contribution is 2.26. The summed E-state index contributed by atoms with van der Waals surface area (Å²) in [6.45, 7) is 4.37. The Hall–Kier alpha value is -2.03. The summed E-state index contributed by atoms with van der Waals surface area (Å²) in [6.07, 6.45) is 3.38. The van der Waals surface area contributed by atoms with Crippen LogP contribution in [-0.4, -0.2) is 29.5 Å². The second-order valence-electron chi connectivity index (χ2n) is 6.20. The van der Waals surface area contributed by atoms with Crippen LogP contribution in [0.5, 0.6) is 5.75 Å². The Labute approximate surface area is 131 Å².